The first-order valence-electron chi connectivity index (χ1n) is 4.74. The number of carbonyl (C=O) groups is 1. The Morgan fingerprint density at radius 1 is 1.24 bits per heavy atom. The van der Waals surface area contributed by atoms with Gasteiger partial charge < -0.3 is 9.15 Å². The average molecular weight is 360 g/mol. The van der Waals surface area contributed by atoms with Crippen molar-refractivity contribution < 1.29 is 13.9 Å². The molecule has 3 nitrogen and oxygen atoms in total. The molecule has 0 bridgehead atoms. The van der Waals surface area contributed by atoms with Crippen LogP contribution in [0.4, 0.5) is 0 Å². The van der Waals surface area contributed by atoms with Crippen LogP contribution in [0.1, 0.15) is 16.1 Å². The molecule has 88 valence electrons. The molecule has 5 heteroatoms. The number of carbonyl (C=O) groups excluding carboxylic acids is 1. The molecule has 1 heterocycles. The Kier molecular flexibility index (Phi) is 3.69. The molecule has 0 fully saturated rings. The van der Waals surface area contributed by atoms with E-state index < -0.39 is 0 Å². The van der Waals surface area contributed by atoms with Crippen LogP contribution in [0.25, 0.3) is 0 Å². The van der Waals surface area contributed by atoms with Gasteiger partial charge in [-0.2, -0.15) is 0 Å². The van der Waals surface area contributed by atoms with Gasteiger partial charge in [0.15, 0.2) is 5.76 Å². The van der Waals surface area contributed by atoms with E-state index in [0.717, 1.165) is 4.47 Å². The van der Waals surface area contributed by atoms with Crippen LogP contribution in [0.3, 0.4) is 0 Å². The van der Waals surface area contributed by atoms with Gasteiger partial charge >= 0.3 is 0 Å². The second-order valence-electron chi connectivity index (χ2n) is 3.28. The smallest absolute Gasteiger partial charge is 0.229 e. The molecule has 0 aliphatic carbocycles. The summed E-state index contributed by atoms with van der Waals surface area (Å²) >= 11 is 6.60. The summed E-state index contributed by atoms with van der Waals surface area (Å²) in [6, 6.07) is 6.82. The molecule has 0 unspecified atom stereocenters. The quantitative estimate of drug-likeness (QED) is 0.776. The van der Waals surface area contributed by atoms with Gasteiger partial charge in [-0.3, -0.25) is 4.79 Å². The van der Waals surface area contributed by atoms with Gasteiger partial charge in [0.1, 0.15) is 5.75 Å². The van der Waals surface area contributed by atoms with E-state index >= 15 is 0 Å². The van der Waals surface area contributed by atoms with Gasteiger partial charge in [-0.05, 0) is 56.1 Å². The molecule has 2 rings (SSSR count). The monoisotopic (exact) mass is 358 g/mol. The maximum absolute atomic E-state index is 12.1. The molecular formula is C12H8Br2O3. The summed E-state index contributed by atoms with van der Waals surface area (Å²) in [5.41, 5.74) is 0.535. The molecule has 0 atom stereocenters. The van der Waals surface area contributed by atoms with Crippen molar-refractivity contribution >= 4 is 37.6 Å². The van der Waals surface area contributed by atoms with Crippen LogP contribution >= 0.6 is 31.9 Å². The van der Waals surface area contributed by atoms with Crippen molar-refractivity contribution in [2.75, 3.05) is 7.11 Å². The summed E-state index contributed by atoms with van der Waals surface area (Å²) in [7, 11) is 1.57. The van der Waals surface area contributed by atoms with Crippen LogP contribution < -0.4 is 4.74 Å². The number of hydrogen-bond acceptors (Lipinski definition) is 3. The van der Waals surface area contributed by atoms with Crippen LogP contribution in [0.2, 0.25) is 0 Å². The number of ketones is 1. The van der Waals surface area contributed by atoms with Gasteiger partial charge in [0.05, 0.1) is 22.3 Å². The summed E-state index contributed by atoms with van der Waals surface area (Å²) in [6.45, 7) is 0. The maximum Gasteiger partial charge on any atom is 0.229 e. The van der Waals surface area contributed by atoms with Gasteiger partial charge in [-0.15, -0.1) is 0 Å². The predicted octanol–water partition coefficient (Wildman–Crippen LogP) is 4.04. The number of methoxy groups -OCH3 is 1. The lowest BCUT2D eigenvalue weighted by atomic mass is 10.1. The van der Waals surface area contributed by atoms with Crippen molar-refractivity contribution in [2.45, 2.75) is 0 Å². The lowest BCUT2D eigenvalue weighted by Gasteiger charge is -2.04. The first kappa shape index (κ1) is 12.4. The van der Waals surface area contributed by atoms with Gasteiger partial charge in [-0.1, -0.05) is 0 Å². The molecule has 2 aromatic rings. The largest absolute Gasteiger partial charge is 0.496 e. The zero-order valence-electron chi connectivity index (χ0n) is 8.87. The van der Waals surface area contributed by atoms with Crippen molar-refractivity contribution in [3.8, 4) is 5.75 Å². The number of ether oxygens (including phenoxy) is 1. The normalized spacial score (nSPS) is 10.3. The van der Waals surface area contributed by atoms with Crippen LogP contribution in [0.5, 0.6) is 5.75 Å². The Hall–Kier alpha value is -1.07. The Morgan fingerprint density at radius 3 is 2.53 bits per heavy atom. The van der Waals surface area contributed by atoms with Gasteiger partial charge in [0.2, 0.25) is 5.78 Å². The van der Waals surface area contributed by atoms with E-state index in [2.05, 4.69) is 31.9 Å². The van der Waals surface area contributed by atoms with Crippen LogP contribution in [0, 0.1) is 0 Å². The molecule has 0 radical (unpaired) electrons. The highest BCUT2D eigenvalue weighted by molar-refractivity contribution is 9.10. The number of furan rings is 1. The van der Waals surface area contributed by atoms with E-state index in [1.54, 1.807) is 31.4 Å². The fourth-order valence-electron chi connectivity index (χ4n) is 1.39. The molecule has 0 aliphatic heterocycles. The minimum atomic E-state index is -0.176. The summed E-state index contributed by atoms with van der Waals surface area (Å²) in [4.78, 5) is 12.1. The third-order valence-corrected chi connectivity index (χ3v) is 3.48. The third-order valence-electron chi connectivity index (χ3n) is 2.24. The Bertz CT molecular complexity index is 561. The molecule has 0 saturated heterocycles. The number of benzene rings is 1. The minimum absolute atomic E-state index is 0.176. The molecule has 0 saturated carbocycles. The van der Waals surface area contributed by atoms with Crippen molar-refractivity contribution in [3.63, 3.8) is 0 Å². The van der Waals surface area contributed by atoms with Crippen LogP contribution in [0.15, 0.2) is 43.9 Å². The highest BCUT2D eigenvalue weighted by Gasteiger charge is 2.17. The zero-order valence-corrected chi connectivity index (χ0v) is 12.0. The van der Waals surface area contributed by atoms with E-state index in [9.17, 15) is 4.79 Å². The molecule has 0 spiro atoms. The van der Waals surface area contributed by atoms with E-state index in [-0.39, 0.29) is 5.78 Å². The van der Waals surface area contributed by atoms with E-state index in [4.69, 9.17) is 9.15 Å². The lowest BCUT2D eigenvalue weighted by Crippen LogP contribution is -2.00. The topological polar surface area (TPSA) is 39.4 Å². The lowest BCUT2D eigenvalue weighted by molar-refractivity contribution is 0.101. The summed E-state index contributed by atoms with van der Waals surface area (Å²) in [5, 5.41) is 0. The number of halogens is 2. The second kappa shape index (κ2) is 5.06. The summed E-state index contributed by atoms with van der Waals surface area (Å²) < 4.78 is 11.6. The summed E-state index contributed by atoms with van der Waals surface area (Å²) in [6.07, 6.45) is 1.47. The van der Waals surface area contributed by atoms with Crippen molar-refractivity contribution in [1.29, 1.82) is 0 Å². The third kappa shape index (κ3) is 2.45. The van der Waals surface area contributed by atoms with Crippen LogP contribution in [-0.4, -0.2) is 12.9 Å². The van der Waals surface area contributed by atoms with Crippen molar-refractivity contribution in [3.05, 3.63) is 50.8 Å². The zero-order chi connectivity index (χ0) is 12.4. The fourth-order valence-corrected chi connectivity index (χ4v) is 2.32. The molecule has 0 aliphatic rings. The van der Waals surface area contributed by atoms with Crippen molar-refractivity contribution in [1.82, 2.24) is 0 Å². The second-order valence-corrected chi connectivity index (χ2v) is 4.98. The molecular weight excluding hydrogens is 352 g/mol. The highest BCUT2D eigenvalue weighted by atomic mass is 79.9. The number of hydrogen-bond donors (Lipinski definition) is 0. The summed E-state index contributed by atoms with van der Waals surface area (Å²) in [5.74, 6) is 0.798. The van der Waals surface area contributed by atoms with Crippen molar-refractivity contribution in [2.24, 2.45) is 0 Å². The SMILES string of the molecule is COc1ccc(C(=O)c2occc2Br)cc1Br. The van der Waals surface area contributed by atoms with Gasteiger partial charge in [0.25, 0.3) is 0 Å². The first-order chi connectivity index (χ1) is 8.13. The minimum Gasteiger partial charge on any atom is -0.496 e. The molecule has 0 amide bonds. The van der Waals surface area contributed by atoms with E-state index in [1.165, 1.54) is 6.26 Å². The molecule has 0 N–H and O–H groups in total. The Balaban J connectivity index is 2.39. The molecule has 17 heavy (non-hydrogen) atoms. The van der Waals surface area contributed by atoms with E-state index in [1.807, 2.05) is 0 Å². The maximum atomic E-state index is 12.1. The standard InChI is InChI=1S/C12H8Br2O3/c1-16-10-3-2-7(6-9(10)14)11(15)12-8(13)4-5-17-12/h2-6H,1H3. The average Bonchev–Trinajstić information content (AvgIpc) is 2.74. The molecule has 1 aromatic carbocycles. The highest BCUT2D eigenvalue weighted by Crippen LogP contribution is 2.28. The van der Waals surface area contributed by atoms with Crippen LogP contribution in [-0.2, 0) is 0 Å². The number of rotatable bonds is 3. The van der Waals surface area contributed by atoms with Gasteiger partial charge in [-0.25, -0.2) is 0 Å². The predicted molar refractivity (Wildman–Crippen MR) is 70.5 cm³/mol. The Morgan fingerprint density at radius 2 is 2.00 bits per heavy atom. The fraction of sp³-hybridized carbons (Fsp3) is 0.0833. The van der Waals surface area contributed by atoms with Gasteiger partial charge in [0, 0.05) is 5.56 Å². The van der Waals surface area contributed by atoms with E-state index in [0.29, 0.717) is 21.5 Å². The Labute approximate surface area is 115 Å². The molecule has 1 aromatic heterocycles. The first-order valence-corrected chi connectivity index (χ1v) is 6.33.